The topological polar surface area (TPSA) is 143 Å². The number of nitrogens with two attached hydrogens (primary N) is 2. The van der Waals surface area contributed by atoms with Crippen LogP contribution in [-0.2, 0) is 9.59 Å². The summed E-state index contributed by atoms with van der Waals surface area (Å²) in [7, 11) is 3.13. The molecule has 4 N–H and O–H groups in total. The molecule has 34 heavy (non-hydrogen) atoms. The molecule has 1 aliphatic carbocycles. The van der Waals surface area contributed by atoms with Gasteiger partial charge in [0, 0.05) is 18.4 Å². The van der Waals surface area contributed by atoms with E-state index in [1.807, 2.05) is 20.8 Å². The highest BCUT2D eigenvalue weighted by Crippen LogP contribution is 2.42. The summed E-state index contributed by atoms with van der Waals surface area (Å²) < 4.78 is 17.2. The third-order valence-electron chi connectivity index (χ3n) is 6.48. The summed E-state index contributed by atoms with van der Waals surface area (Å²) in [5.41, 5.74) is 12.1. The summed E-state index contributed by atoms with van der Waals surface area (Å²) in [6, 6.07) is 2.01. The van der Waals surface area contributed by atoms with Gasteiger partial charge in [0.2, 0.25) is 17.7 Å². The summed E-state index contributed by atoms with van der Waals surface area (Å²) in [6.07, 6.45) is 1.83. The van der Waals surface area contributed by atoms with Crippen LogP contribution in [0.4, 0.5) is 0 Å². The Kier molecular flexibility index (Phi) is 6.28. The number of nitrogens with zero attached hydrogens (tertiary/aromatic N) is 3. The van der Waals surface area contributed by atoms with Gasteiger partial charge in [0.25, 0.3) is 0 Å². The fourth-order valence-corrected chi connectivity index (χ4v) is 4.16. The quantitative estimate of drug-likeness (QED) is 0.621. The van der Waals surface area contributed by atoms with Crippen LogP contribution < -0.4 is 25.7 Å². The van der Waals surface area contributed by atoms with Crippen LogP contribution in [0.1, 0.15) is 51.8 Å². The van der Waals surface area contributed by atoms with Crippen LogP contribution in [0.5, 0.6) is 17.4 Å². The van der Waals surface area contributed by atoms with Gasteiger partial charge >= 0.3 is 0 Å². The van der Waals surface area contributed by atoms with Gasteiger partial charge in [-0.05, 0) is 24.3 Å². The number of likely N-dealkylation sites (tertiary alicyclic amines) is 1. The van der Waals surface area contributed by atoms with E-state index in [1.165, 1.54) is 4.90 Å². The minimum atomic E-state index is -0.795. The molecule has 1 aliphatic heterocycles. The van der Waals surface area contributed by atoms with Crippen LogP contribution in [0.25, 0.3) is 10.9 Å². The normalized spacial score (nSPS) is 21.4. The van der Waals surface area contributed by atoms with Gasteiger partial charge in [0.05, 0.1) is 37.7 Å². The molecular weight excluding hydrogens is 438 g/mol. The molecule has 1 saturated heterocycles. The number of primary amides is 1. The summed E-state index contributed by atoms with van der Waals surface area (Å²) >= 11 is 0. The van der Waals surface area contributed by atoms with Gasteiger partial charge in [-0.15, -0.1) is 0 Å². The molecule has 4 rings (SSSR count). The van der Waals surface area contributed by atoms with Crippen molar-refractivity contribution in [2.45, 2.75) is 64.1 Å². The van der Waals surface area contributed by atoms with Crippen LogP contribution in [-0.4, -0.2) is 65.6 Å². The zero-order chi connectivity index (χ0) is 24.8. The van der Waals surface area contributed by atoms with Crippen molar-refractivity contribution in [3.8, 4) is 17.4 Å². The summed E-state index contributed by atoms with van der Waals surface area (Å²) in [4.78, 5) is 36.1. The van der Waals surface area contributed by atoms with Crippen LogP contribution in [0.15, 0.2) is 12.1 Å². The van der Waals surface area contributed by atoms with Gasteiger partial charge in [0.1, 0.15) is 18.0 Å². The molecule has 2 fully saturated rings. The number of fused-ring (bicyclic) bond motifs is 1. The number of benzene rings is 1. The summed E-state index contributed by atoms with van der Waals surface area (Å²) in [5.74, 6) is 1.57. The number of carbonyl (C=O) groups is 2. The van der Waals surface area contributed by atoms with E-state index in [1.54, 1.807) is 26.4 Å². The minimum Gasteiger partial charge on any atom is -0.493 e. The van der Waals surface area contributed by atoms with Crippen molar-refractivity contribution in [1.29, 1.82) is 0 Å². The molecule has 10 nitrogen and oxygen atoms in total. The molecule has 184 valence electrons. The maximum atomic E-state index is 13.1. The molecule has 0 bridgehead atoms. The lowest BCUT2D eigenvalue weighted by Gasteiger charge is -2.31. The van der Waals surface area contributed by atoms with Crippen molar-refractivity contribution >= 4 is 22.7 Å². The predicted octanol–water partition coefficient (Wildman–Crippen LogP) is 1.73. The molecule has 2 aromatic rings. The van der Waals surface area contributed by atoms with E-state index in [0.717, 1.165) is 12.8 Å². The summed E-state index contributed by atoms with van der Waals surface area (Å²) in [5, 5.41) is 0.661. The monoisotopic (exact) mass is 471 g/mol. The fourth-order valence-electron chi connectivity index (χ4n) is 4.16. The Morgan fingerprint density at radius 2 is 1.76 bits per heavy atom. The van der Waals surface area contributed by atoms with Gasteiger partial charge in [-0.3, -0.25) is 9.59 Å². The third-order valence-corrected chi connectivity index (χ3v) is 6.48. The molecule has 2 aliphatic rings. The predicted molar refractivity (Wildman–Crippen MR) is 126 cm³/mol. The van der Waals surface area contributed by atoms with E-state index in [9.17, 15) is 9.59 Å². The van der Waals surface area contributed by atoms with Crippen molar-refractivity contribution in [3.63, 3.8) is 0 Å². The van der Waals surface area contributed by atoms with E-state index in [2.05, 4.69) is 0 Å². The van der Waals surface area contributed by atoms with Crippen LogP contribution in [0, 0.1) is 5.41 Å². The lowest BCUT2D eigenvalue weighted by Crippen LogP contribution is -2.54. The first-order valence-corrected chi connectivity index (χ1v) is 11.5. The van der Waals surface area contributed by atoms with E-state index in [-0.39, 0.29) is 18.9 Å². The lowest BCUT2D eigenvalue weighted by atomic mass is 9.86. The number of ether oxygens (including phenoxy) is 3. The smallest absolute Gasteiger partial charge is 0.240 e. The first-order valence-electron chi connectivity index (χ1n) is 11.5. The highest BCUT2D eigenvalue weighted by Gasteiger charge is 2.43. The first-order chi connectivity index (χ1) is 16.0. The average Bonchev–Trinajstić information content (AvgIpc) is 3.56. The third kappa shape index (κ3) is 4.59. The van der Waals surface area contributed by atoms with Gasteiger partial charge in [0.15, 0.2) is 11.5 Å². The first kappa shape index (κ1) is 24.0. The molecule has 0 radical (unpaired) electrons. The van der Waals surface area contributed by atoms with E-state index < -0.39 is 29.5 Å². The molecule has 2 amide bonds. The summed E-state index contributed by atoms with van der Waals surface area (Å²) in [6.45, 7) is 5.83. The van der Waals surface area contributed by atoms with Gasteiger partial charge in [-0.2, -0.15) is 4.98 Å². The molecule has 2 heterocycles. The average molecular weight is 472 g/mol. The molecule has 1 aromatic carbocycles. The van der Waals surface area contributed by atoms with Crippen molar-refractivity contribution in [2.75, 3.05) is 20.8 Å². The van der Waals surface area contributed by atoms with Crippen molar-refractivity contribution < 1.29 is 23.8 Å². The molecule has 1 aromatic heterocycles. The SMILES string of the molecule is COc1cc2nc(C3CC3)nc(O[C@@H]3CC(C(N)=O)N(C(=O)[C@@H](N)C(C)(C)C)C3)c2cc1OC. The number of methoxy groups -OCH3 is 2. The van der Waals surface area contributed by atoms with Crippen molar-refractivity contribution in [2.24, 2.45) is 16.9 Å². The van der Waals surface area contributed by atoms with Crippen LogP contribution >= 0.6 is 0 Å². The molecule has 1 saturated carbocycles. The Bertz CT molecular complexity index is 1110. The van der Waals surface area contributed by atoms with Crippen molar-refractivity contribution in [1.82, 2.24) is 14.9 Å². The lowest BCUT2D eigenvalue weighted by molar-refractivity contribution is -0.140. The standard InChI is InChI=1S/C24H33N5O5/c1-24(2,3)19(25)23(31)29-11-13(8-16(29)20(26)30)34-22-14-9-17(32-4)18(33-5)10-15(14)27-21(28-22)12-6-7-12/h9-10,12-13,16,19H,6-8,11,25H2,1-5H3,(H2,26,30)/t13-,16?,19-/m1/s1. The fraction of sp³-hybridized carbons (Fsp3) is 0.583. The van der Waals surface area contributed by atoms with Crippen molar-refractivity contribution in [3.05, 3.63) is 18.0 Å². The largest absolute Gasteiger partial charge is 0.493 e. The number of amides is 2. The molecule has 10 heteroatoms. The minimum absolute atomic E-state index is 0.188. The highest BCUT2D eigenvalue weighted by atomic mass is 16.5. The maximum Gasteiger partial charge on any atom is 0.240 e. The van der Waals surface area contributed by atoms with Crippen LogP contribution in [0.3, 0.4) is 0 Å². The molecule has 3 atom stereocenters. The Hall–Kier alpha value is -3.14. The Labute approximate surface area is 198 Å². The zero-order valence-corrected chi connectivity index (χ0v) is 20.3. The van der Waals surface area contributed by atoms with E-state index in [0.29, 0.717) is 40.0 Å². The van der Waals surface area contributed by atoms with Gasteiger partial charge in [-0.25, -0.2) is 4.98 Å². The number of carbonyl (C=O) groups excluding carboxylic acids is 2. The second-order valence-electron chi connectivity index (χ2n) is 10.1. The van der Waals surface area contributed by atoms with E-state index >= 15 is 0 Å². The maximum absolute atomic E-state index is 13.1. The van der Waals surface area contributed by atoms with Gasteiger partial charge in [-0.1, -0.05) is 20.8 Å². The Balaban J connectivity index is 1.67. The number of rotatable bonds is 7. The molecule has 1 unspecified atom stereocenters. The molecule has 0 spiro atoms. The second-order valence-corrected chi connectivity index (χ2v) is 10.1. The van der Waals surface area contributed by atoms with E-state index in [4.69, 9.17) is 35.6 Å². The number of hydrogen-bond donors (Lipinski definition) is 2. The second kappa shape index (κ2) is 8.90. The zero-order valence-electron chi connectivity index (χ0n) is 20.3. The van der Waals surface area contributed by atoms with Crippen LogP contribution in [0.2, 0.25) is 0 Å². The Morgan fingerprint density at radius 3 is 2.32 bits per heavy atom. The highest BCUT2D eigenvalue weighted by molar-refractivity contribution is 5.90. The van der Waals surface area contributed by atoms with Gasteiger partial charge < -0.3 is 30.6 Å². The Morgan fingerprint density at radius 1 is 1.12 bits per heavy atom. The number of hydrogen-bond acceptors (Lipinski definition) is 8. The number of aromatic nitrogens is 2. The molecular formula is C24H33N5O5.